The standard InChI is InChI=1S/C19H15NO4/c1-20-8-7-10-9-13(24-3)19(22)16-14(10)17(20)18(21)11-5-4-6-12(23-2)15(11)16/h4-9H,1-3H3. The third-order valence-electron chi connectivity index (χ3n) is 4.52. The third-order valence-corrected chi connectivity index (χ3v) is 4.52. The molecule has 120 valence electrons. The SMILES string of the molecule is COc1cc2cc[n+](C)c3c2c(c1[O-])-c1c(OC)cccc1C3=O. The van der Waals surface area contributed by atoms with Crippen LogP contribution < -0.4 is 19.1 Å². The normalized spacial score (nSPS) is 12.2. The van der Waals surface area contributed by atoms with Gasteiger partial charge < -0.3 is 14.6 Å². The van der Waals surface area contributed by atoms with E-state index in [1.54, 1.807) is 35.9 Å². The van der Waals surface area contributed by atoms with Crippen molar-refractivity contribution < 1.29 is 23.9 Å². The molecule has 5 heteroatoms. The Morgan fingerprint density at radius 1 is 1.04 bits per heavy atom. The van der Waals surface area contributed by atoms with Crippen LogP contribution >= 0.6 is 0 Å². The first kappa shape index (κ1) is 14.5. The summed E-state index contributed by atoms with van der Waals surface area (Å²) in [6.07, 6.45) is 1.81. The Morgan fingerprint density at radius 2 is 1.79 bits per heavy atom. The Balaban J connectivity index is 2.31. The van der Waals surface area contributed by atoms with Crippen LogP contribution in [0.5, 0.6) is 17.2 Å². The van der Waals surface area contributed by atoms with Gasteiger partial charge in [-0.25, -0.2) is 0 Å². The van der Waals surface area contributed by atoms with Gasteiger partial charge in [-0.05, 0) is 29.1 Å². The zero-order chi connectivity index (χ0) is 17.0. The number of rotatable bonds is 2. The van der Waals surface area contributed by atoms with E-state index in [9.17, 15) is 9.90 Å². The maximum atomic E-state index is 13.0. The number of benzene rings is 2. The molecule has 0 fully saturated rings. The summed E-state index contributed by atoms with van der Waals surface area (Å²) in [5, 5.41) is 14.4. The van der Waals surface area contributed by atoms with Crippen molar-refractivity contribution in [3.8, 4) is 28.4 Å². The van der Waals surface area contributed by atoms with Gasteiger partial charge >= 0.3 is 0 Å². The average molecular weight is 321 g/mol. The molecule has 1 heterocycles. The quantitative estimate of drug-likeness (QED) is 0.530. The van der Waals surface area contributed by atoms with E-state index in [2.05, 4.69) is 0 Å². The molecule has 0 atom stereocenters. The van der Waals surface area contributed by atoms with Crippen molar-refractivity contribution >= 4 is 16.6 Å². The van der Waals surface area contributed by atoms with E-state index in [1.165, 1.54) is 14.2 Å². The summed E-state index contributed by atoms with van der Waals surface area (Å²) < 4.78 is 12.4. The molecule has 5 nitrogen and oxygen atoms in total. The van der Waals surface area contributed by atoms with Gasteiger partial charge in [0.05, 0.1) is 19.6 Å². The number of ether oxygens (including phenoxy) is 2. The van der Waals surface area contributed by atoms with Gasteiger partial charge in [0.2, 0.25) is 0 Å². The monoisotopic (exact) mass is 321 g/mol. The Bertz CT molecular complexity index is 1020. The third kappa shape index (κ3) is 1.69. The Morgan fingerprint density at radius 3 is 2.50 bits per heavy atom. The lowest BCUT2D eigenvalue weighted by Gasteiger charge is -2.26. The van der Waals surface area contributed by atoms with Crippen molar-refractivity contribution in [1.29, 1.82) is 0 Å². The van der Waals surface area contributed by atoms with E-state index in [-0.39, 0.29) is 17.3 Å². The zero-order valence-electron chi connectivity index (χ0n) is 13.5. The molecule has 1 aromatic heterocycles. The molecule has 0 saturated carbocycles. The van der Waals surface area contributed by atoms with Crippen LogP contribution in [0.1, 0.15) is 16.1 Å². The van der Waals surface area contributed by atoms with Crippen LogP contribution in [-0.2, 0) is 7.05 Å². The van der Waals surface area contributed by atoms with Gasteiger partial charge in [0.1, 0.15) is 18.5 Å². The average Bonchev–Trinajstić information content (AvgIpc) is 2.60. The number of carbonyl (C=O) groups is 1. The molecule has 0 unspecified atom stereocenters. The van der Waals surface area contributed by atoms with Gasteiger partial charge in [0.25, 0.3) is 11.5 Å². The molecule has 0 aliphatic heterocycles. The number of methoxy groups -OCH3 is 2. The van der Waals surface area contributed by atoms with Crippen molar-refractivity contribution in [2.45, 2.75) is 0 Å². The fraction of sp³-hybridized carbons (Fsp3) is 0.158. The molecule has 2 aromatic carbocycles. The van der Waals surface area contributed by atoms with Crippen LogP contribution in [0.25, 0.3) is 21.9 Å². The van der Waals surface area contributed by atoms with Crippen molar-refractivity contribution in [2.24, 2.45) is 7.05 Å². The molecule has 0 saturated heterocycles. The predicted octanol–water partition coefficient (Wildman–Crippen LogP) is 1.97. The summed E-state index contributed by atoms with van der Waals surface area (Å²) in [6.45, 7) is 0. The highest BCUT2D eigenvalue weighted by molar-refractivity contribution is 6.25. The molecule has 24 heavy (non-hydrogen) atoms. The Labute approximate surface area is 138 Å². The number of ketones is 1. The Kier molecular flexibility index (Phi) is 3.00. The first-order valence-electron chi connectivity index (χ1n) is 7.51. The van der Waals surface area contributed by atoms with Crippen LogP contribution in [0.4, 0.5) is 0 Å². The number of fused-ring (bicyclic) bond motifs is 2. The minimum absolute atomic E-state index is 0.117. The van der Waals surface area contributed by atoms with E-state index < -0.39 is 0 Å². The van der Waals surface area contributed by atoms with Crippen LogP contribution in [0.3, 0.4) is 0 Å². The number of carbonyl (C=O) groups excluding carboxylic acids is 1. The molecular weight excluding hydrogens is 306 g/mol. The molecule has 0 bridgehead atoms. The van der Waals surface area contributed by atoms with E-state index in [0.29, 0.717) is 33.5 Å². The van der Waals surface area contributed by atoms with Gasteiger partial charge in [0, 0.05) is 17.2 Å². The van der Waals surface area contributed by atoms with Gasteiger partial charge in [-0.1, -0.05) is 11.8 Å². The molecular formula is C19H15NO4. The molecule has 1 aliphatic carbocycles. The summed E-state index contributed by atoms with van der Waals surface area (Å²) in [5.41, 5.74) is 1.97. The largest absolute Gasteiger partial charge is 0.870 e. The van der Waals surface area contributed by atoms with Crippen molar-refractivity contribution in [3.05, 3.63) is 47.8 Å². The van der Waals surface area contributed by atoms with E-state index in [1.807, 2.05) is 12.3 Å². The second-order valence-corrected chi connectivity index (χ2v) is 5.73. The van der Waals surface area contributed by atoms with Gasteiger partial charge in [-0.15, -0.1) is 0 Å². The maximum Gasteiger partial charge on any atom is 0.261 e. The van der Waals surface area contributed by atoms with Crippen molar-refractivity contribution in [2.75, 3.05) is 14.2 Å². The lowest BCUT2D eigenvalue weighted by atomic mass is 9.84. The molecule has 0 spiro atoms. The lowest BCUT2D eigenvalue weighted by Crippen LogP contribution is -2.37. The molecule has 1 aliphatic rings. The maximum absolute atomic E-state index is 13.0. The van der Waals surface area contributed by atoms with Crippen LogP contribution in [0.2, 0.25) is 0 Å². The number of nitrogens with zero attached hydrogens (tertiary/aromatic N) is 1. The van der Waals surface area contributed by atoms with E-state index >= 15 is 0 Å². The highest BCUT2D eigenvalue weighted by Crippen LogP contribution is 2.49. The summed E-state index contributed by atoms with van der Waals surface area (Å²) in [6, 6.07) is 8.79. The van der Waals surface area contributed by atoms with E-state index in [0.717, 1.165) is 5.39 Å². The topological polar surface area (TPSA) is 62.5 Å². The van der Waals surface area contributed by atoms with E-state index in [4.69, 9.17) is 9.47 Å². The van der Waals surface area contributed by atoms with Gasteiger partial charge in [-0.2, -0.15) is 4.57 Å². The minimum atomic E-state index is -0.240. The molecule has 4 rings (SSSR count). The van der Waals surface area contributed by atoms with Crippen LogP contribution in [0, 0.1) is 0 Å². The number of aromatic nitrogens is 1. The zero-order valence-corrected chi connectivity index (χ0v) is 13.5. The minimum Gasteiger partial charge on any atom is -0.870 e. The number of hydrogen-bond acceptors (Lipinski definition) is 4. The van der Waals surface area contributed by atoms with Crippen molar-refractivity contribution in [1.82, 2.24) is 0 Å². The molecule has 3 aromatic rings. The second kappa shape index (κ2) is 4.96. The highest BCUT2D eigenvalue weighted by Gasteiger charge is 2.34. The molecule has 0 radical (unpaired) electrons. The smallest absolute Gasteiger partial charge is 0.261 e. The first-order valence-corrected chi connectivity index (χ1v) is 7.51. The lowest BCUT2D eigenvalue weighted by molar-refractivity contribution is -0.671. The number of hydrogen-bond donors (Lipinski definition) is 0. The predicted molar refractivity (Wildman–Crippen MR) is 86.5 cm³/mol. The molecule has 0 N–H and O–H groups in total. The number of aryl methyl sites for hydroxylation is 1. The van der Waals surface area contributed by atoms with Crippen LogP contribution in [0.15, 0.2) is 36.5 Å². The first-order chi connectivity index (χ1) is 11.6. The Hall–Kier alpha value is -3.08. The number of pyridine rings is 1. The fourth-order valence-corrected chi connectivity index (χ4v) is 3.43. The summed E-state index contributed by atoms with van der Waals surface area (Å²) in [7, 11) is 4.80. The summed E-state index contributed by atoms with van der Waals surface area (Å²) in [4.78, 5) is 13.0. The van der Waals surface area contributed by atoms with Gasteiger partial charge in [-0.3, -0.25) is 4.79 Å². The summed E-state index contributed by atoms with van der Waals surface area (Å²) in [5.74, 6) is 0.401. The second-order valence-electron chi connectivity index (χ2n) is 5.73. The highest BCUT2D eigenvalue weighted by atomic mass is 16.5. The fourth-order valence-electron chi connectivity index (χ4n) is 3.43. The van der Waals surface area contributed by atoms with Crippen molar-refractivity contribution in [3.63, 3.8) is 0 Å². The molecule has 0 amide bonds. The summed E-state index contributed by atoms with van der Waals surface area (Å²) >= 11 is 0. The van der Waals surface area contributed by atoms with Crippen LogP contribution in [-0.4, -0.2) is 20.0 Å². The van der Waals surface area contributed by atoms with Gasteiger partial charge in [0.15, 0.2) is 6.20 Å².